The van der Waals surface area contributed by atoms with E-state index >= 15 is 0 Å². The summed E-state index contributed by atoms with van der Waals surface area (Å²) < 4.78 is 10.6. The van der Waals surface area contributed by atoms with E-state index in [4.69, 9.17) is 9.47 Å². The van der Waals surface area contributed by atoms with Gasteiger partial charge in [0.1, 0.15) is 17.7 Å². The Kier molecular flexibility index (Phi) is 10.6. The van der Waals surface area contributed by atoms with E-state index in [1.54, 1.807) is 20.8 Å². The van der Waals surface area contributed by atoms with Gasteiger partial charge in [-0.25, -0.2) is 9.59 Å². The molecule has 0 aromatic heterocycles. The summed E-state index contributed by atoms with van der Waals surface area (Å²) in [5, 5.41) is 11.6. The number of alkyl carbamates (subject to hydrolysis) is 1. The van der Waals surface area contributed by atoms with Crippen molar-refractivity contribution < 1.29 is 29.0 Å². The van der Waals surface area contributed by atoms with E-state index in [0.29, 0.717) is 32.1 Å². The van der Waals surface area contributed by atoms with E-state index in [1.165, 1.54) is 0 Å². The molecule has 0 fully saturated rings. The minimum atomic E-state index is -1.09. The predicted molar refractivity (Wildman–Crippen MR) is 106 cm³/mol. The fraction of sp³-hybridized carbons (Fsp3) is 0.762. The van der Waals surface area contributed by atoms with E-state index < -0.39 is 23.7 Å². The number of hydrogen-bond donors (Lipinski definition) is 2. The molecule has 0 aliphatic heterocycles. The zero-order chi connectivity index (χ0) is 21.0. The number of unbranched alkanes of at least 4 members (excludes halogenated alkanes) is 2. The second kappa shape index (κ2) is 12.4. The second-order valence-electron chi connectivity index (χ2n) is 8.23. The van der Waals surface area contributed by atoms with Gasteiger partial charge in [-0.1, -0.05) is 25.0 Å². The molecular formula is C21H35NO6. The molecule has 160 valence electrons. The number of rotatable bonds is 9. The summed E-state index contributed by atoms with van der Waals surface area (Å²) in [6, 6.07) is -0.996. The Morgan fingerprint density at radius 3 is 2.50 bits per heavy atom. The molecule has 7 heteroatoms. The molecule has 0 saturated carbocycles. The van der Waals surface area contributed by atoms with E-state index in [2.05, 4.69) is 17.5 Å². The summed E-state index contributed by atoms with van der Waals surface area (Å²) in [5.74, 6) is -1.28. The molecule has 0 spiro atoms. The van der Waals surface area contributed by atoms with E-state index in [9.17, 15) is 19.5 Å². The number of esters is 1. The maximum absolute atomic E-state index is 12.0. The predicted octanol–water partition coefficient (Wildman–Crippen LogP) is 4.35. The smallest absolute Gasteiger partial charge is 0.408 e. The molecule has 2 atom stereocenters. The van der Waals surface area contributed by atoms with Crippen LogP contribution < -0.4 is 5.32 Å². The number of carbonyl (C=O) groups is 3. The van der Waals surface area contributed by atoms with Gasteiger partial charge < -0.3 is 19.9 Å². The molecule has 0 saturated heterocycles. The van der Waals surface area contributed by atoms with Gasteiger partial charge >= 0.3 is 18.0 Å². The number of carbonyl (C=O) groups excluding carboxylic acids is 2. The van der Waals surface area contributed by atoms with Crippen molar-refractivity contribution in [3.05, 3.63) is 12.2 Å². The molecule has 28 heavy (non-hydrogen) atoms. The van der Waals surface area contributed by atoms with Crippen LogP contribution >= 0.6 is 0 Å². The molecule has 1 aliphatic rings. The molecular weight excluding hydrogens is 362 g/mol. The number of nitrogens with one attached hydrogen (secondary N) is 1. The van der Waals surface area contributed by atoms with Gasteiger partial charge in [0.15, 0.2) is 0 Å². The van der Waals surface area contributed by atoms with Crippen LogP contribution in [0.25, 0.3) is 0 Å². The average molecular weight is 398 g/mol. The Balaban J connectivity index is 2.22. The van der Waals surface area contributed by atoms with Crippen LogP contribution in [0, 0.1) is 0 Å². The van der Waals surface area contributed by atoms with Crippen LogP contribution in [0.5, 0.6) is 0 Å². The number of ether oxygens (including phenoxy) is 2. The number of aliphatic carboxylic acids is 1. The van der Waals surface area contributed by atoms with Gasteiger partial charge in [0, 0.05) is 6.42 Å². The van der Waals surface area contributed by atoms with Crippen LogP contribution in [0.1, 0.15) is 85.0 Å². The number of allylic oxidation sites excluding steroid dienone is 2. The van der Waals surface area contributed by atoms with Gasteiger partial charge in [-0.05, 0) is 65.7 Å². The highest BCUT2D eigenvalue weighted by Crippen LogP contribution is 2.17. The largest absolute Gasteiger partial charge is 0.480 e. The van der Waals surface area contributed by atoms with Crippen molar-refractivity contribution in [2.75, 3.05) is 0 Å². The Morgan fingerprint density at radius 2 is 1.82 bits per heavy atom. The van der Waals surface area contributed by atoms with Crippen molar-refractivity contribution in [1.29, 1.82) is 0 Å². The fourth-order valence-corrected chi connectivity index (χ4v) is 2.99. The molecule has 0 heterocycles. The third-order valence-electron chi connectivity index (χ3n) is 4.38. The third-order valence-corrected chi connectivity index (χ3v) is 4.38. The summed E-state index contributed by atoms with van der Waals surface area (Å²) in [6.07, 6.45) is 11.0. The lowest BCUT2D eigenvalue weighted by Gasteiger charge is -2.22. The topological polar surface area (TPSA) is 102 Å². The number of amides is 1. The van der Waals surface area contributed by atoms with Crippen molar-refractivity contribution in [2.24, 2.45) is 0 Å². The molecule has 0 bridgehead atoms. The minimum Gasteiger partial charge on any atom is -0.480 e. The summed E-state index contributed by atoms with van der Waals surface area (Å²) in [5.41, 5.74) is -0.680. The lowest BCUT2D eigenvalue weighted by atomic mass is 10.0. The first-order valence-corrected chi connectivity index (χ1v) is 10.2. The first-order valence-electron chi connectivity index (χ1n) is 10.2. The Morgan fingerprint density at radius 1 is 1.11 bits per heavy atom. The van der Waals surface area contributed by atoms with Gasteiger partial charge in [-0.2, -0.15) is 0 Å². The standard InChI is InChI=1S/C21H35NO6/c1-21(2,3)28-20(26)22-17(19(24)25)14-10-7-11-15-18(23)27-16-12-8-5-4-6-9-13-16/h4-5,16-17H,6-15H2,1-3H3,(H,22,26)(H,24,25)/b5-4+/t16?,17-/m0/s1. The van der Waals surface area contributed by atoms with Gasteiger partial charge in [0.25, 0.3) is 0 Å². The monoisotopic (exact) mass is 397 g/mol. The van der Waals surface area contributed by atoms with E-state index in [1.807, 2.05) is 0 Å². The first-order chi connectivity index (χ1) is 13.2. The normalized spacial score (nSPS) is 19.6. The zero-order valence-electron chi connectivity index (χ0n) is 17.4. The maximum Gasteiger partial charge on any atom is 0.408 e. The van der Waals surface area contributed by atoms with Crippen LogP contribution in [0.2, 0.25) is 0 Å². The van der Waals surface area contributed by atoms with E-state index in [0.717, 1.165) is 32.1 Å². The van der Waals surface area contributed by atoms with Gasteiger partial charge in [-0.3, -0.25) is 4.79 Å². The maximum atomic E-state index is 12.0. The summed E-state index contributed by atoms with van der Waals surface area (Å²) in [4.78, 5) is 35.0. The zero-order valence-corrected chi connectivity index (χ0v) is 17.4. The van der Waals surface area contributed by atoms with Crippen molar-refractivity contribution in [3.63, 3.8) is 0 Å². The third kappa shape index (κ3) is 11.6. The van der Waals surface area contributed by atoms with Crippen LogP contribution in [0.15, 0.2) is 12.2 Å². The molecule has 7 nitrogen and oxygen atoms in total. The van der Waals surface area contributed by atoms with Crippen LogP contribution in [-0.2, 0) is 19.1 Å². The molecule has 0 aromatic rings. The number of hydrogen-bond acceptors (Lipinski definition) is 5. The quantitative estimate of drug-likeness (QED) is 0.341. The Bertz CT molecular complexity index is 538. The lowest BCUT2D eigenvalue weighted by Crippen LogP contribution is -2.43. The molecule has 1 amide bonds. The summed E-state index contributed by atoms with van der Waals surface area (Å²) in [6.45, 7) is 5.15. The Hall–Kier alpha value is -2.05. The van der Waals surface area contributed by atoms with E-state index in [-0.39, 0.29) is 12.1 Å². The Labute approximate surface area is 167 Å². The molecule has 2 N–H and O–H groups in total. The number of carboxylic acids is 1. The van der Waals surface area contributed by atoms with Crippen molar-refractivity contribution in [1.82, 2.24) is 5.32 Å². The molecule has 1 unspecified atom stereocenters. The second-order valence-corrected chi connectivity index (χ2v) is 8.23. The van der Waals surface area contributed by atoms with Crippen molar-refractivity contribution in [2.45, 2.75) is 103 Å². The highest BCUT2D eigenvalue weighted by Gasteiger charge is 2.23. The lowest BCUT2D eigenvalue weighted by molar-refractivity contribution is -0.150. The number of carboxylic acid groups (broad SMARTS) is 1. The van der Waals surface area contributed by atoms with Gasteiger partial charge in [-0.15, -0.1) is 0 Å². The minimum absolute atomic E-state index is 0.00636. The first kappa shape index (κ1) is 24.0. The SMILES string of the molecule is CC(C)(C)OC(=O)N[C@@H](CCCCCC(=O)OC1CC/C=C/CCC1)C(=O)O. The summed E-state index contributed by atoms with van der Waals surface area (Å²) in [7, 11) is 0. The highest BCUT2D eigenvalue weighted by atomic mass is 16.6. The van der Waals surface area contributed by atoms with Crippen LogP contribution in [0.3, 0.4) is 0 Å². The van der Waals surface area contributed by atoms with Crippen molar-refractivity contribution in [3.8, 4) is 0 Å². The van der Waals surface area contributed by atoms with Gasteiger partial charge in [0.2, 0.25) is 0 Å². The highest BCUT2D eigenvalue weighted by molar-refractivity contribution is 5.79. The van der Waals surface area contributed by atoms with Crippen LogP contribution in [0.4, 0.5) is 4.79 Å². The summed E-state index contributed by atoms with van der Waals surface area (Å²) >= 11 is 0. The van der Waals surface area contributed by atoms with Crippen LogP contribution in [-0.4, -0.2) is 40.9 Å². The van der Waals surface area contributed by atoms with Gasteiger partial charge in [0.05, 0.1) is 0 Å². The average Bonchev–Trinajstić information content (AvgIpc) is 2.54. The molecule has 0 aromatic carbocycles. The molecule has 0 radical (unpaired) electrons. The van der Waals surface area contributed by atoms with Crippen molar-refractivity contribution >= 4 is 18.0 Å². The fourth-order valence-electron chi connectivity index (χ4n) is 2.99. The molecule has 1 rings (SSSR count). The molecule has 1 aliphatic carbocycles.